The predicted molar refractivity (Wildman–Crippen MR) is 112 cm³/mol. The summed E-state index contributed by atoms with van der Waals surface area (Å²) in [7, 11) is 0. The molecule has 1 saturated heterocycles. The molecule has 2 aromatic rings. The average molecular weight is 384 g/mol. The lowest BCUT2D eigenvalue weighted by molar-refractivity contribution is -0.383. The third-order valence-corrected chi connectivity index (χ3v) is 4.97. The fourth-order valence-corrected chi connectivity index (χ4v) is 3.45. The van der Waals surface area contributed by atoms with E-state index < -0.39 is 0 Å². The molecule has 3 rings (SSSR count). The standard InChI is InChI=1S/C20H28N6O2/c1-14-7-6-8-16(15(14)2)24-9-11-25(12-10-24)19-17(26(27)28)18(21-13-22-19)23-20(3,4)5/h6-8,13H,9-12H2,1-5H3,(H,21,22,23). The first-order chi connectivity index (χ1) is 13.2. The van der Waals surface area contributed by atoms with E-state index in [4.69, 9.17) is 0 Å². The number of hydrogen-bond acceptors (Lipinski definition) is 7. The van der Waals surface area contributed by atoms with Crippen LogP contribution in [0.4, 0.5) is 23.0 Å². The number of aromatic nitrogens is 2. The van der Waals surface area contributed by atoms with E-state index in [0.717, 1.165) is 13.1 Å². The van der Waals surface area contributed by atoms with Gasteiger partial charge in [0.05, 0.1) is 4.92 Å². The molecule has 0 spiro atoms. The number of aryl methyl sites for hydroxylation is 1. The van der Waals surface area contributed by atoms with E-state index in [-0.39, 0.29) is 22.0 Å². The van der Waals surface area contributed by atoms with Gasteiger partial charge in [0.2, 0.25) is 11.6 Å². The van der Waals surface area contributed by atoms with Gasteiger partial charge in [0.15, 0.2) is 0 Å². The van der Waals surface area contributed by atoms with Crippen LogP contribution in [0.5, 0.6) is 0 Å². The van der Waals surface area contributed by atoms with Crippen molar-refractivity contribution in [3.8, 4) is 0 Å². The van der Waals surface area contributed by atoms with E-state index in [1.54, 1.807) is 0 Å². The van der Waals surface area contributed by atoms with Gasteiger partial charge in [0.1, 0.15) is 6.33 Å². The minimum Gasteiger partial charge on any atom is -0.368 e. The van der Waals surface area contributed by atoms with Crippen LogP contribution in [0.2, 0.25) is 0 Å². The first-order valence-corrected chi connectivity index (χ1v) is 9.51. The van der Waals surface area contributed by atoms with Gasteiger partial charge >= 0.3 is 5.69 Å². The minimum absolute atomic E-state index is 0.0578. The fraction of sp³-hybridized carbons (Fsp3) is 0.500. The number of nitrogens with zero attached hydrogens (tertiary/aromatic N) is 5. The van der Waals surface area contributed by atoms with Crippen molar-refractivity contribution in [1.29, 1.82) is 0 Å². The number of hydrogen-bond donors (Lipinski definition) is 1. The Kier molecular flexibility index (Phi) is 5.40. The quantitative estimate of drug-likeness (QED) is 0.637. The number of nitro groups is 1. The summed E-state index contributed by atoms with van der Waals surface area (Å²) in [6.45, 7) is 13.0. The molecule has 2 heterocycles. The Bertz CT molecular complexity index is 869. The zero-order chi connectivity index (χ0) is 20.5. The molecule has 1 aromatic carbocycles. The summed E-state index contributed by atoms with van der Waals surface area (Å²) < 4.78 is 0. The molecular formula is C20H28N6O2. The smallest absolute Gasteiger partial charge is 0.353 e. The first kappa shape index (κ1) is 19.9. The molecule has 0 bridgehead atoms. The number of anilines is 3. The summed E-state index contributed by atoms with van der Waals surface area (Å²) >= 11 is 0. The van der Waals surface area contributed by atoms with Gasteiger partial charge in [-0.15, -0.1) is 0 Å². The van der Waals surface area contributed by atoms with Crippen molar-refractivity contribution >= 4 is 23.0 Å². The second-order valence-corrected chi connectivity index (χ2v) is 8.22. The van der Waals surface area contributed by atoms with E-state index in [2.05, 4.69) is 52.2 Å². The van der Waals surface area contributed by atoms with Crippen LogP contribution >= 0.6 is 0 Å². The van der Waals surface area contributed by atoms with Crippen LogP contribution < -0.4 is 15.1 Å². The van der Waals surface area contributed by atoms with Crippen LogP contribution in [0.1, 0.15) is 31.9 Å². The summed E-state index contributed by atoms with van der Waals surface area (Å²) in [5.41, 5.74) is 3.38. The molecule has 0 amide bonds. The number of rotatable bonds is 4. The maximum Gasteiger partial charge on any atom is 0.353 e. The molecule has 0 unspecified atom stereocenters. The van der Waals surface area contributed by atoms with Crippen molar-refractivity contribution in [3.63, 3.8) is 0 Å². The molecule has 0 radical (unpaired) electrons. The molecular weight excluding hydrogens is 356 g/mol. The van der Waals surface area contributed by atoms with E-state index in [0.29, 0.717) is 18.9 Å². The highest BCUT2D eigenvalue weighted by Crippen LogP contribution is 2.34. The second kappa shape index (κ2) is 7.61. The number of benzene rings is 1. The van der Waals surface area contributed by atoms with E-state index >= 15 is 0 Å². The highest BCUT2D eigenvalue weighted by Gasteiger charge is 2.31. The Balaban J connectivity index is 1.83. The van der Waals surface area contributed by atoms with Gasteiger partial charge in [-0.25, -0.2) is 9.97 Å². The Morgan fingerprint density at radius 1 is 1.07 bits per heavy atom. The van der Waals surface area contributed by atoms with Crippen molar-refractivity contribution in [2.24, 2.45) is 0 Å². The van der Waals surface area contributed by atoms with Crippen LogP contribution in [0.25, 0.3) is 0 Å². The lowest BCUT2D eigenvalue weighted by Gasteiger charge is -2.37. The molecule has 0 atom stereocenters. The summed E-state index contributed by atoms with van der Waals surface area (Å²) in [5.74, 6) is 0.645. The van der Waals surface area contributed by atoms with Gasteiger partial charge in [-0.2, -0.15) is 0 Å². The van der Waals surface area contributed by atoms with Crippen molar-refractivity contribution in [2.45, 2.75) is 40.2 Å². The second-order valence-electron chi connectivity index (χ2n) is 8.22. The molecule has 0 saturated carbocycles. The number of piperazine rings is 1. The molecule has 1 aliphatic rings. The van der Waals surface area contributed by atoms with Crippen molar-refractivity contribution in [1.82, 2.24) is 9.97 Å². The molecule has 28 heavy (non-hydrogen) atoms. The maximum atomic E-state index is 11.8. The Morgan fingerprint density at radius 2 is 1.71 bits per heavy atom. The summed E-state index contributed by atoms with van der Waals surface area (Å²) in [4.78, 5) is 24.1. The van der Waals surface area contributed by atoms with E-state index in [9.17, 15) is 10.1 Å². The molecule has 0 aliphatic carbocycles. The SMILES string of the molecule is Cc1cccc(N2CCN(c3ncnc(NC(C)(C)C)c3[N+](=O)[O-])CC2)c1C. The van der Waals surface area contributed by atoms with E-state index in [1.807, 2.05) is 25.7 Å². The van der Waals surface area contributed by atoms with Gasteiger partial charge in [-0.3, -0.25) is 10.1 Å². The third kappa shape index (κ3) is 4.16. The van der Waals surface area contributed by atoms with Crippen LogP contribution in [0, 0.1) is 24.0 Å². The highest BCUT2D eigenvalue weighted by atomic mass is 16.6. The van der Waals surface area contributed by atoms with Gasteiger partial charge < -0.3 is 15.1 Å². The third-order valence-electron chi connectivity index (χ3n) is 4.97. The molecule has 1 fully saturated rings. The summed E-state index contributed by atoms with van der Waals surface area (Å²) in [6.07, 6.45) is 1.40. The predicted octanol–water partition coefficient (Wildman–Crippen LogP) is 3.54. The molecule has 8 heteroatoms. The van der Waals surface area contributed by atoms with Crippen molar-refractivity contribution < 1.29 is 4.92 Å². The first-order valence-electron chi connectivity index (χ1n) is 9.51. The van der Waals surface area contributed by atoms with E-state index in [1.165, 1.54) is 23.1 Å². The lowest BCUT2D eigenvalue weighted by atomic mass is 10.1. The largest absolute Gasteiger partial charge is 0.368 e. The normalized spacial score (nSPS) is 14.9. The Hall–Kier alpha value is -2.90. The molecule has 1 aliphatic heterocycles. The Morgan fingerprint density at radius 3 is 2.32 bits per heavy atom. The van der Waals surface area contributed by atoms with Gasteiger partial charge in [0, 0.05) is 37.4 Å². The average Bonchev–Trinajstić information content (AvgIpc) is 2.62. The summed E-state index contributed by atoms with van der Waals surface area (Å²) in [5, 5.41) is 14.9. The summed E-state index contributed by atoms with van der Waals surface area (Å²) in [6, 6.07) is 6.32. The zero-order valence-electron chi connectivity index (χ0n) is 17.2. The topological polar surface area (TPSA) is 87.4 Å². The van der Waals surface area contributed by atoms with Gasteiger partial charge in [0.25, 0.3) is 0 Å². The zero-order valence-corrected chi connectivity index (χ0v) is 17.2. The van der Waals surface area contributed by atoms with Crippen molar-refractivity contribution in [2.75, 3.05) is 41.3 Å². The van der Waals surface area contributed by atoms with Gasteiger partial charge in [-0.1, -0.05) is 12.1 Å². The molecule has 8 nitrogen and oxygen atoms in total. The maximum absolute atomic E-state index is 11.8. The van der Waals surface area contributed by atoms with Crippen molar-refractivity contribution in [3.05, 3.63) is 45.8 Å². The number of nitrogens with one attached hydrogen (secondary N) is 1. The van der Waals surface area contributed by atoms with Crippen LogP contribution in [0.3, 0.4) is 0 Å². The monoisotopic (exact) mass is 384 g/mol. The van der Waals surface area contributed by atoms with Crippen LogP contribution in [-0.2, 0) is 0 Å². The lowest BCUT2D eigenvalue weighted by Crippen LogP contribution is -2.47. The van der Waals surface area contributed by atoms with Gasteiger partial charge in [-0.05, 0) is 51.8 Å². The van der Waals surface area contributed by atoms with Crippen LogP contribution in [-0.4, -0.2) is 46.6 Å². The Labute approximate surface area is 165 Å². The highest BCUT2D eigenvalue weighted by molar-refractivity contribution is 5.71. The molecule has 1 aromatic heterocycles. The molecule has 150 valence electrons. The fourth-order valence-electron chi connectivity index (χ4n) is 3.45. The molecule has 1 N–H and O–H groups in total. The van der Waals surface area contributed by atoms with Crippen LogP contribution in [0.15, 0.2) is 24.5 Å². The minimum atomic E-state index is -0.388.